The molecule has 38 heavy (non-hydrogen) atoms. The molecule has 5 aromatic rings. The molecule has 1 saturated heterocycles. The SMILES string of the molecule is COCCn1nnnc1C(c1cc2cc(OC)ccc2[nH]c1=O)N1CCN(c2nc3ccccc3s2)CC1. The minimum Gasteiger partial charge on any atom is -0.497 e. The van der Waals surface area contributed by atoms with E-state index < -0.39 is 6.04 Å². The summed E-state index contributed by atoms with van der Waals surface area (Å²) in [4.78, 5) is 25.9. The van der Waals surface area contributed by atoms with E-state index in [0.29, 0.717) is 37.6 Å². The molecule has 12 heteroatoms. The molecule has 1 unspecified atom stereocenters. The number of piperazine rings is 1. The second-order valence-electron chi connectivity index (χ2n) is 9.15. The van der Waals surface area contributed by atoms with Crippen molar-refractivity contribution in [3.63, 3.8) is 0 Å². The van der Waals surface area contributed by atoms with Gasteiger partial charge in [-0.25, -0.2) is 9.67 Å². The highest BCUT2D eigenvalue weighted by molar-refractivity contribution is 7.22. The number of para-hydroxylation sites is 1. The summed E-state index contributed by atoms with van der Waals surface area (Å²) in [5.74, 6) is 1.34. The van der Waals surface area contributed by atoms with E-state index in [4.69, 9.17) is 14.5 Å². The number of benzene rings is 2. The highest BCUT2D eigenvalue weighted by atomic mass is 32.1. The number of fused-ring (bicyclic) bond motifs is 2. The third kappa shape index (κ3) is 4.62. The van der Waals surface area contributed by atoms with Crippen LogP contribution in [0, 0.1) is 0 Å². The third-order valence-electron chi connectivity index (χ3n) is 6.92. The number of nitrogens with one attached hydrogen (secondary N) is 1. The van der Waals surface area contributed by atoms with Crippen LogP contribution in [0.1, 0.15) is 17.4 Å². The minimum absolute atomic E-state index is 0.164. The van der Waals surface area contributed by atoms with Crippen LogP contribution in [0.4, 0.5) is 5.13 Å². The van der Waals surface area contributed by atoms with Crippen LogP contribution in [0.5, 0.6) is 5.75 Å². The predicted octanol–water partition coefficient (Wildman–Crippen LogP) is 2.69. The molecule has 1 fully saturated rings. The Morgan fingerprint density at radius 2 is 1.92 bits per heavy atom. The lowest BCUT2D eigenvalue weighted by Gasteiger charge is -2.38. The number of pyridine rings is 1. The average molecular weight is 533 g/mol. The van der Waals surface area contributed by atoms with E-state index in [1.54, 1.807) is 30.2 Å². The maximum atomic E-state index is 13.4. The predicted molar refractivity (Wildman–Crippen MR) is 146 cm³/mol. The average Bonchev–Trinajstić information content (AvgIpc) is 3.60. The topological polar surface area (TPSA) is 114 Å². The first-order chi connectivity index (χ1) is 18.6. The van der Waals surface area contributed by atoms with Gasteiger partial charge in [0.15, 0.2) is 11.0 Å². The van der Waals surface area contributed by atoms with Crippen molar-refractivity contribution in [1.29, 1.82) is 0 Å². The molecule has 1 N–H and O–H groups in total. The van der Waals surface area contributed by atoms with Crippen molar-refractivity contribution in [1.82, 2.24) is 35.1 Å². The van der Waals surface area contributed by atoms with Crippen LogP contribution in [-0.4, -0.2) is 82.1 Å². The zero-order valence-electron chi connectivity index (χ0n) is 21.2. The van der Waals surface area contributed by atoms with Gasteiger partial charge in [-0.2, -0.15) is 0 Å². The molecular weight excluding hydrogens is 504 g/mol. The Labute approximate surface area is 222 Å². The standard InChI is InChI=1S/C26H28N8O3S/c1-36-14-13-34-24(29-30-31-34)23(19-16-17-15-18(37-2)7-8-20(17)27-25(19)35)32-9-11-33(12-10-32)26-28-21-5-3-4-6-22(21)38-26/h3-8,15-16,23H,9-14H2,1-2H3,(H,27,35). The van der Waals surface area contributed by atoms with Gasteiger partial charge in [0.25, 0.3) is 5.56 Å². The van der Waals surface area contributed by atoms with Gasteiger partial charge in [0.05, 0.1) is 30.5 Å². The van der Waals surface area contributed by atoms with Gasteiger partial charge in [-0.1, -0.05) is 23.5 Å². The minimum atomic E-state index is -0.432. The lowest BCUT2D eigenvalue weighted by Crippen LogP contribution is -2.49. The Balaban J connectivity index is 1.35. The number of methoxy groups -OCH3 is 2. The molecule has 1 aliphatic heterocycles. The Hall–Kier alpha value is -3.87. The number of hydrogen-bond acceptors (Lipinski definition) is 10. The summed E-state index contributed by atoms with van der Waals surface area (Å²) < 4.78 is 13.6. The van der Waals surface area contributed by atoms with Gasteiger partial charge in [0.2, 0.25) is 0 Å². The number of ether oxygens (including phenoxy) is 2. The van der Waals surface area contributed by atoms with E-state index in [9.17, 15) is 4.79 Å². The largest absolute Gasteiger partial charge is 0.497 e. The van der Waals surface area contributed by atoms with Crippen molar-refractivity contribution in [3.8, 4) is 5.75 Å². The van der Waals surface area contributed by atoms with Crippen LogP contribution in [0.3, 0.4) is 0 Å². The van der Waals surface area contributed by atoms with Gasteiger partial charge in [0, 0.05) is 49.8 Å². The van der Waals surface area contributed by atoms with E-state index in [2.05, 4.69) is 36.4 Å². The number of tetrazole rings is 1. The van der Waals surface area contributed by atoms with E-state index in [1.165, 1.54) is 4.70 Å². The summed E-state index contributed by atoms with van der Waals surface area (Å²) in [5.41, 5.74) is 2.19. The Bertz CT molecular complexity index is 1590. The molecule has 0 aliphatic carbocycles. The van der Waals surface area contributed by atoms with Crippen molar-refractivity contribution < 1.29 is 9.47 Å². The molecular formula is C26H28N8O3S. The van der Waals surface area contributed by atoms with Gasteiger partial charge in [-0.15, -0.1) is 5.10 Å². The van der Waals surface area contributed by atoms with E-state index in [1.807, 2.05) is 42.5 Å². The van der Waals surface area contributed by atoms with Crippen molar-refractivity contribution in [3.05, 3.63) is 70.3 Å². The molecule has 1 atom stereocenters. The quantitative estimate of drug-likeness (QED) is 0.322. The summed E-state index contributed by atoms with van der Waals surface area (Å²) in [5, 5.41) is 14.4. The zero-order chi connectivity index (χ0) is 26.1. The number of anilines is 1. The summed E-state index contributed by atoms with van der Waals surface area (Å²) >= 11 is 1.71. The molecule has 0 bridgehead atoms. The first kappa shape index (κ1) is 24.5. The number of hydrogen-bond donors (Lipinski definition) is 1. The van der Waals surface area contributed by atoms with Crippen LogP contribution < -0.4 is 15.2 Å². The maximum Gasteiger partial charge on any atom is 0.253 e. The summed E-state index contributed by atoms with van der Waals surface area (Å²) in [7, 11) is 3.27. The molecule has 3 aromatic heterocycles. The molecule has 0 saturated carbocycles. The fourth-order valence-corrected chi connectivity index (χ4v) is 5.96. The number of rotatable bonds is 8. The fourth-order valence-electron chi connectivity index (χ4n) is 4.94. The number of thiazole rings is 1. The second-order valence-corrected chi connectivity index (χ2v) is 10.2. The van der Waals surface area contributed by atoms with Crippen LogP contribution >= 0.6 is 11.3 Å². The van der Waals surface area contributed by atoms with Crippen molar-refractivity contribution in [2.24, 2.45) is 0 Å². The van der Waals surface area contributed by atoms with E-state index in [-0.39, 0.29) is 5.56 Å². The molecule has 6 rings (SSSR count). The molecule has 4 heterocycles. The van der Waals surface area contributed by atoms with Crippen LogP contribution in [-0.2, 0) is 11.3 Å². The lowest BCUT2D eigenvalue weighted by atomic mass is 10.0. The summed E-state index contributed by atoms with van der Waals surface area (Å²) in [6.07, 6.45) is 0. The van der Waals surface area contributed by atoms with E-state index >= 15 is 0 Å². The highest BCUT2D eigenvalue weighted by Crippen LogP contribution is 2.32. The normalized spacial score (nSPS) is 15.4. The first-order valence-corrected chi connectivity index (χ1v) is 13.3. The Morgan fingerprint density at radius 1 is 1.08 bits per heavy atom. The number of aromatic nitrogens is 6. The molecule has 11 nitrogen and oxygen atoms in total. The molecule has 0 spiro atoms. The van der Waals surface area contributed by atoms with Crippen molar-refractivity contribution in [2.45, 2.75) is 12.6 Å². The fraction of sp³-hybridized carbons (Fsp3) is 0.346. The zero-order valence-corrected chi connectivity index (χ0v) is 22.0. The van der Waals surface area contributed by atoms with E-state index in [0.717, 1.165) is 40.4 Å². The molecule has 0 amide bonds. The summed E-state index contributed by atoms with van der Waals surface area (Å²) in [6, 6.07) is 15.3. The molecule has 1 aliphatic rings. The van der Waals surface area contributed by atoms with Gasteiger partial charge in [-0.3, -0.25) is 9.69 Å². The molecule has 196 valence electrons. The Kier molecular flexibility index (Phi) is 6.75. The van der Waals surface area contributed by atoms with Gasteiger partial charge in [0.1, 0.15) is 11.8 Å². The van der Waals surface area contributed by atoms with Crippen LogP contribution in [0.15, 0.2) is 53.3 Å². The highest BCUT2D eigenvalue weighted by Gasteiger charge is 2.33. The third-order valence-corrected chi connectivity index (χ3v) is 8.02. The smallest absolute Gasteiger partial charge is 0.253 e. The molecule has 2 aromatic carbocycles. The second kappa shape index (κ2) is 10.5. The van der Waals surface area contributed by atoms with Crippen molar-refractivity contribution >= 4 is 37.6 Å². The van der Waals surface area contributed by atoms with Gasteiger partial charge in [-0.05, 0) is 46.8 Å². The Morgan fingerprint density at radius 3 is 2.71 bits per heavy atom. The van der Waals surface area contributed by atoms with Crippen LogP contribution in [0.25, 0.3) is 21.1 Å². The van der Waals surface area contributed by atoms with Crippen molar-refractivity contribution in [2.75, 3.05) is 51.9 Å². The maximum absolute atomic E-state index is 13.4. The number of aromatic amines is 1. The lowest BCUT2D eigenvalue weighted by molar-refractivity contribution is 0.171. The van der Waals surface area contributed by atoms with Gasteiger partial charge >= 0.3 is 0 Å². The monoisotopic (exact) mass is 532 g/mol. The first-order valence-electron chi connectivity index (χ1n) is 12.4. The summed E-state index contributed by atoms with van der Waals surface area (Å²) in [6.45, 7) is 3.92. The number of H-pyrrole nitrogens is 1. The van der Waals surface area contributed by atoms with Gasteiger partial charge < -0.3 is 19.4 Å². The molecule has 0 radical (unpaired) electrons. The number of nitrogens with zero attached hydrogens (tertiary/aromatic N) is 7. The van der Waals surface area contributed by atoms with Crippen LogP contribution in [0.2, 0.25) is 0 Å².